The summed E-state index contributed by atoms with van der Waals surface area (Å²) in [6.45, 7) is 0. The first kappa shape index (κ1) is 30.1. The molecule has 1 heterocycles. The number of fused-ring (bicyclic) bond motifs is 5. The predicted octanol–water partition coefficient (Wildman–Crippen LogP) is 7.88. The smallest absolute Gasteiger partial charge is 0.335 e. The minimum atomic E-state index is -1.59. The van der Waals surface area contributed by atoms with E-state index >= 15 is 14.4 Å². The number of nitrogens with zero attached hydrogens (tertiary/aromatic N) is 1. The molecule has 8 heteroatoms. The van der Waals surface area contributed by atoms with Crippen LogP contribution in [-0.4, -0.2) is 28.7 Å². The molecule has 0 unspecified atom stereocenters. The molecule has 8 rings (SSSR count). The van der Waals surface area contributed by atoms with E-state index in [1.54, 1.807) is 48.5 Å². The number of allylic oxidation sites excluding steroid dienone is 2. The van der Waals surface area contributed by atoms with Gasteiger partial charge in [-0.25, -0.2) is 9.69 Å². The Morgan fingerprint density at radius 1 is 0.562 bits per heavy atom. The van der Waals surface area contributed by atoms with E-state index in [2.05, 4.69) is 0 Å². The number of carbonyl (C=O) groups is 4. The largest absolute Gasteiger partial charge is 0.478 e. The lowest BCUT2D eigenvalue weighted by atomic mass is 9.59. The first-order valence-corrected chi connectivity index (χ1v) is 16.1. The van der Waals surface area contributed by atoms with E-state index in [4.69, 9.17) is 23.2 Å². The molecule has 2 amide bonds. The van der Waals surface area contributed by atoms with Gasteiger partial charge in [0.15, 0.2) is 5.78 Å². The zero-order valence-electron chi connectivity index (χ0n) is 25.1. The molecule has 2 bridgehead atoms. The van der Waals surface area contributed by atoms with Gasteiger partial charge in [-0.2, -0.15) is 0 Å². The highest BCUT2D eigenvalue weighted by atomic mass is 35.5. The summed E-state index contributed by atoms with van der Waals surface area (Å²) in [4.78, 5) is 58.7. The first-order valence-electron chi connectivity index (χ1n) is 15.4. The molecule has 2 fully saturated rings. The van der Waals surface area contributed by atoms with E-state index < -0.39 is 40.4 Å². The number of amides is 2. The van der Waals surface area contributed by atoms with Gasteiger partial charge in [-0.15, -0.1) is 0 Å². The number of anilines is 1. The van der Waals surface area contributed by atoms with Gasteiger partial charge in [-0.3, -0.25) is 14.4 Å². The van der Waals surface area contributed by atoms with Crippen molar-refractivity contribution >= 4 is 63.6 Å². The third-order valence-corrected chi connectivity index (χ3v) is 10.6. The molecule has 0 radical (unpaired) electrons. The molecule has 0 aromatic heterocycles. The molecule has 6 nitrogen and oxygen atoms in total. The number of imide groups is 1. The van der Waals surface area contributed by atoms with E-state index in [1.165, 1.54) is 24.3 Å². The van der Waals surface area contributed by atoms with Gasteiger partial charge in [0.2, 0.25) is 11.8 Å². The molecular weight excluding hydrogens is 645 g/mol. The van der Waals surface area contributed by atoms with Crippen LogP contribution >= 0.6 is 23.2 Å². The first-order chi connectivity index (χ1) is 23.2. The molecule has 234 valence electrons. The zero-order chi connectivity index (χ0) is 33.4. The Hall–Kier alpha value is -5.30. The summed E-state index contributed by atoms with van der Waals surface area (Å²) < 4.78 is 0. The Kier molecular flexibility index (Phi) is 6.81. The Morgan fingerprint density at radius 2 is 0.958 bits per heavy atom. The van der Waals surface area contributed by atoms with Crippen molar-refractivity contribution in [2.24, 2.45) is 11.8 Å². The average Bonchev–Trinajstić information content (AvgIpc) is 3.61. The summed E-state index contributed by atoms with van der Waals surface area (Å²) in [5, 5.41) is 10.4. The maximum Gasteiger partial charge on any atom is 0.335 e. The number of rotatable bonds is 6. The number of Topliss-reactive ketones (excluding diaryl/α,β-unsaturated/α-hetero) is 1. The minimum Gasteiger partial charge on any atom is -0.478 e. The van der Waals surface area contributed by atoms with Crippen molar-refractivity contribution in [3.63, 3.8) is 0 Å². The summed E-state index contributed by atoms with van der Waals surface area (Å²) in [6.07, 6.45) is 0. The highest BCUT2D eigenvalue weighted by Gasteiger charge is 2.82. The van der Waals surface area contributed by atoms with Crippen LogP contribution in [0.25, 0.3) is 11.1 Å². The van der Waals surface area contributed by atoms with Crippen molar-refractivity contribution in [3.8, 4) is 0 Å². The van der Waals surface area contributed by atoms with Gasteiger partial charge in [0, 0.05) is 10.0 Å². The second-order valence-electron chi connectivity index (χ2n) is 12.3. The third kappa shape index (κ3) is 3.87. The lowest BCUT2D eigenvalue weighted by molar-refractivity contribution is -0.130. The lowest BCUT2D eigenvalue weighted by Gasteiger charge is -2.39. The number of carboxylic acid groups (broad SMARTS) is 1. The van der Waals surface area contributed by atoms with Gasteiger partial charge >= 0.3 is 5.97 Å². The fourth-order valence-electron chi connectivity index (χ4n) is 8.36. The summed E-state index contributed by atoms with van der Waals surface area (Å²) in [7, 11) is 0. The van der Waals surface area contributed by atoms with Crippen LogP contribution in [-0.2, 0) is 25.2 Å². The van der Waals surface area contributed by atoms with Crippen molar-refractivity contribution in [3.05, 3.63) is 171 Å². The van der Waals surface area contributed by atoms with Gasteiger partial charge in [-0.1, -0.05) is 108 Å². The molecule has 1 saturated heterocycles. The molecule has 3 aliphatic rings. The van der Waals surface area contributed by atoms with Crippen molar-refractivity contribution in [1.29, 1.82) is 0 Å². The Labute approximate surface area is 285 Å². The number of benzene rings is 5. The second kappa shape index (κ2) is 10.9. The van der Waals surface area contributed by atoms with Crippen LogP contribution in [0.5, 0.6) is 0 Å². The monoisotopic (exact) mass is 669 g/mol. The summed E-state index contributed by atoms with van der Waals surface area (Å²) >= 11 is 12.8. The van der Waals surface area contributed by atoms with Gasteiger partial charge in [0.25, 0.3) is 0 Å². The Bertz CT molecular complexity index is 2050. The van der Waals surface area contributed by atoms with Crippen molar-refractivity contribution < 1.29 is 24.3 Å². The molecule has 1 N–H and O–H groups in total. The van der Waals surface area contributed by atoms with E-state index in [9.17, 15) is 9.90 Å². The van der Waals surface area contributed by atoms with Crippen LogP contribution in [0.15, 0.2) is 133 Å². The third-order valence-electron chi connectivity index (χ3n) is 10.1. The van der Waals surface area contributed by atoms with Gasteiger partial charge in [0.05, 0.1) is 33.9 Å². The number of aromatic carboxylic acids is 1. The van der Waals surface area contributed by atoms with Crippen LogP contribution in [0.1, 0.15) is 32.6 Å². The van der Waals surface area contributed by atoms with E-state index in [1.807, 2.05) is 60.7 Å². The lowest BCUT2D eigenvalue weighted by Crippen LogP contribution is -2.45. The molecule has 5 aromatic rings. The van der Waals surface area contributed by atoms with Crippen molar-refractivity contribution in [1.82, 2.24) is 0 Å². The Morgan fingerprint density at radius 3 is 1.33 bits per heavy atom. The van der Waals surface area contributed by atoms with Crippen molar-refractivity contribution in [2.45, 2.75) is 10.8 Å². The minimum absolute atomic E-state index is 0.0166. The number of hydrogen-bond acceptors (Lipinski definition) is 4. The van der Waals surface area contributed by atoms with Gasteiger partial charge < -0.3 is 5.11 Å². The summed E-state index contributed by atoms with van der Waals surface area (Å²) in [5.74, 6) is -4.73. The number of carboxylic acids is 1. The molecule has 5 aromatic carbocycles. The van der Waals surface area contributed by atoms with E-state index in [-0.39, 0.29) is 17.0 Å². The van der Waals surface area contributed by atoms with Gasteiger partial charge in [-0.05, 0) is 81.9 Å². The zero-order valence-corrected chi connectivity index (χ0v) is 26.7. The SMILES string of the molecule is O=C(O)c1ccc(N2C(=O)[C@@H]3[C@H](C2=O)[C@]2(c4ccc(Cl)cc4)C(=O)[C@]3(c3ccc(Cl)cc3)C(c3ccccc3)=C2c2ccccc2)cc1. The Balaban J connectivity index is 1.52. The fraction of sp³-hybridized carbons (Fsp3) is 0.100. The number of carbonyl (C=O) groups excluding carboxylic acids is 3. The molecule has 0 spiro atoms. The normalized spacial score (nSPS) is 24.4. The maximum absolute atomic E-state index is 15.9. The number of halogens is 2. The topological polar surface area (TPSA) is 91.8 Å². The maximum atomic E-state index is 15.9. The average molecular weight is 671 g/mol. The molecular formula is C40H25Cl2NO5. The van der Waals surface area contributed by atoms with Crippen LogP contribution in [0, 0.1) is 11.8 Å². The highest BCUT2D eigenvalue weighted by molar-refractivity contribution is 6.39. The van der Waals surface area contributed by atoms with Crippen LogP contribution in [0.2, 0.25) is 10.0 Å². The summed E-state index contributed by atoms with van der Waals surface area (Å²) in [5.41, 5.74) is 0.974. The number of ketones is 1. The number of hydrogen-bond donors (Lipinski definition) is 1. The summed E-state index contributed by atoms with van der Waals surface area (Å²) in [6, 6.07) is 38.6. The van der Waals surface area contributed by atoms with Crippen molar-refractivity contribution in [2.75, 3.05) is 4.90 Å². The molecule has 1 aliphatic heterocycles. The van der Waals surface area contributed by atoms with E-state index in [0.717, 1.165) is 16.0 Å². The highest BCUT2D eigenvalue weighted by Crippen LogP contribution is 2.74. The van der Waals surface area contributed by atoms with Gasteiger partial charge in [0.1, 0.15) is 0 Å². The van der Waals surface area contributed by atoms with Crippen LogP contribution < -0.4 is 4.90 Å². The van der Waals surface area contributed by atoms with E-state index in [0.29, 0.717) is 32.3 Å². The van der Waals surface area contributed by atoms with Crippen LogP contribution in [0.4, 0.5) is 5.69 Å². The second-order valence-corrected chi connectivity index (χ2v) is 13.1. The fourth-order valence-corrected chi connectivity index (χ4v) is 8.62. The molecule has 48 heavy (non-hydrogen) atoms. The quantitative estimate of drug-likeness (QED) is 0.186. The predicted molar refractivity (Wildman–Crippen MR) is 184 cm³/mol. The van der Waals surface area contributed by atoms with Crippen LogP contribution in [0.3, 0.4) is 0 Å². The molecule has 4 atom stereocenters. The molecule has 1 saturated carbocycles. The molecule has 2 aliphatic carbocycles. The standard InChI is InChI=1S/C40H25Cl2NO5/c41-28-17-13-26(14-18-28)39-31(23-7-3-1-4-8-23)32(24-9-5-2-6-10-24)40(38(39)48,27-15-19-29(42)20-16-27)34-33(39)35(44)43(36(34)45)30-21-11-25(12-22-30)37(46)47/h1-22,33-34H,(H,46,47)/t33-,34+,39-,40-/m1/s1.